The monoisotopic (exact) mass is 465 g/mol. The molecule has 0 bridgehead atoms. The number of hydrogen-bond donors (Lipinski definition) is 2. The highest BCUT2D eigenvalue weighted by molar-refractivity contribution is 7.89. The van der Waals surface area contributed by atoms with Crippen LogP contribution < -0.4 is 10.0 Å². The van der Waals surface area contributed by atoms with Crippen LogP contribution in [0.5, 0.6) is 0 Å². The van der Waals surface area contributed by atoms with Gasteiger partial charge < -0.3 is 10.2 Å². The van der Waals surface area contributed by atoms with Crippen molar-refractivity contribution in [2.75, 3.05) is 31.5 Å². The Balaban J connectivity index is 1.26. The Morgan fingerprint density at radius 2 is 1.79 bits per heavy atom. The molecule has 1 unspecified atom stereocenters. The van der Waals surface area contributed by atoms with Gasteiger partial charge in [-0.15, -0.1) is 0 Å². The van der Waals surface area contributed by atoms with Crippen LogP contribution >= 0.6 is 0 Å². The second-order valence-electron chi connectivity index (χ2n) is 8.80. The first kappa shape index (κ1) is 23.4. The van der Waals surface area contributed by atoms with Gasteiger partial charge in [-0.2, -0.15) is 0 Å². The normalized spacial score (nSPS) is 17.2. The second kappa shape index (κ2) is 10.5. The molecule has 1 saturated heterocycles. The third-order valence-corrected chi connectivity index (χ3v) is 7.65. The van der Waals surface area contributed by atoms with Crippen LogP contribution in [0.25, 0.3) is 10.8 Å². The number of piperidine rings is 1. The topological polar surface area (TPSA) is 78.5 Å². The average Bonchev–Trinajstić information content (AvgIpc) is 2.82. The number of amides is 1. The minimum atomic E-state index is -3.50. The summed E-state index contributed by atoms with van der Waals surface area (Å²) in [5.74, 6) is 0.230. The smallest absolute Gasteiger partial charge is 0.240 e. The highest BCUT2D eigenvalue weighted by Gasteiger charge is 2.23. The molecule has 4 rings (SSSR count). The number of nitrogens with one attached hydrogen (secondary N) is 2. The lowest BCUT2D eigenvalue weighted by atomic mass is 9.98. The molecule has 1 atom stereocenters. The minimum absolute atomic E-state index is 0.00597. The lowest BCUT2D eigenvalue weighted by molar-refractivity contribution is -0.116. The third-order valence-electron chi connectivity index (χ3n) is 6.22. The summed E-state index contributed by atoms with van der Waals surface area (Å²) in [6.45, 7) is 4.73. The average molecular weight is 466 g/mol. The van der Waals surface area contributed by atoms with Crippen LogP contribution in [0.1, 0.15) is 24.8 Å². The Morgan fingerprint density at radius 1 is 1.03 bits per heavy atom. The van der Waals surface area contributed by atoms with E-state index >= 15 is 0 Å². The SMILES string of the molecule is Cc1ccc(S(=O)(=O)NCC2CCCN(CCC(=O)Nc3cccc4ccccc34)C2)cc1. The molecule has 1 aliphatic rings. The molecule has 1 aliphatic heterocycles. The molecule has 0 aliphatic carbocycles. The maximum Gasteiger partial charge on any atom is 0.240 e. The molecular weight excluding hydrogens is 434 g/mol. The number of sulfonamides is 1. The molecule has 33 heavy (non-hydrogen) atoms. The van der Waals surface area contributed by atoms with Crippen molar-refractivity contribution in [1.29, 1.82) is 0 Å². The number of fused-ring (bicyclic) bond motifs is 1. The maximum atomic E-state index is 12.6. The summed E-state index contributed by atoms with van der Waals surface area (Å²) in [5, 5.41) is 5.18. The zero-order chi connectivity index (χ0) is 23.3. The Morgan fingerprint density at radius 3 is 2.61 bits per heavy atom. The van der Waals surface area contributed by atoms with E-state index in [2.05, 4.69) is 14.9 Å². The largest absolute Gasteiger partial charge is 0.325 e. The van der Waals surface area contributed by atoms with E-state index < -0.39 is 10.0 Å². The van der Waals surface area contributed by atoms with Gasteiger partial charge in [0.05, 0.1) is 4.90 Å². The van der Waals surface area contributed by atoms with Crippen molar-refractivity contribution in [3.05, 3.63) is 72.3 Å². The molecule has 3 aromatic carbocycles. The van der Waals surface area contributed by atoms with Crippen molar-refractivity contribution in [1.82, 2.24) is 9.62 Å². The molecule has 7 heteroatoms. The Hall–Kier alpha value is -2.74. The van der Waals surface area contributed by atoms with Gasteiger partial charge in [-0.05, 0) is 55.8 Å². The molecule has 6 nitrogen and oxygen atoms in total. The van der Waals surface area contributed by atoms with Crippen molar-refractivity contribution in [3.8, 4) is 0 Å². The fourth-order valence-electron chi connectivity index (χ4n) is 4.36. The molecule has 1 heterocycles. The van der Waals surface area contributed by atoms with E-state index in [4.69, 9.17) is 0 Å². The number of carbonyl (C=O) groups is 1. The quantitative estimate of drug-likeness (QED) is 0.523. The zero-order valence-corrected chi connectivity index (χ0v) is 19.8. The lowest BCUT2D eigenvalue weighted by Gasteiger charge is -2.32. The first-order valence-electron chi connectivity index (χ1n) is 11.5. The van der Waals surface area contributed by atoms with E-state index in [1.165, 1.54) is 0 Å². The van der Waals surface area contributed by atoms with E-state index in [-0.39, 0.29) is 11.8 Å². The number of rotatable bonds is 8. The van der Waals surface area contributed by atoms with Crippen LogP contribution in [0, 0.1) is 12.8 Å². The van der Waals surface area contributed by atoms with Gasteiger partial charge in [0, 0.05) is 37.1 Å². The lowest BCUT2D eigenvalue weighted by Crippen LogP contribution is -2.41. The van der Waals surface area contributed by atoms with Gasteiger partial charge in [0.1, 0.15) is 0 Å². The molecule has 174 valence electrons. The van der Waals surface area contributed by atoms with Crippen LogP contribution in [-0.4, -0.2) is 45.4 Å². The fourth-order valence-corrected chi connectivity index (χ4v) is 5.47. The van der Waals surface area contributed by atoms with Gasteiger partial charge in [0.15, 0.2) is 0 Å². The summed E-state index contributed by atoms with van der Waals surface area (Å²) in [6.07, 6.45) is 2.39. The number of benzene rings is 3. The standard InChI is InChI=1S/C26H31N3O3S/c1-20-11-13-23(14-12-20)33(31,32)27-18-21-6-5-16-29(19-21)17-15-26(30)28-25-10-4-8-22-7-2-3-9-24(22)25/h2-4,7-14,21,27H,5-6,15-19H2,1H3,(H,28,30). The summed E-state index contributed by atoms with van der Waals surface area (Å²) in [7, 11) is -3.50. The maximum absolute atomic E-state index is 12.6. The van der Waals surface area contributed by atoms with E-state index in [0.29, 0.717) is 24.4 Å². The fraction of sp³-hybridized carbons (Fsp3) is 0.346. The number of aryl methyl sites for hydroxylation is 1. The molecule has 2 N–H and O–H groups in total. The van der Waals surface area contributed by atoms with Crippen LogP contribution in [0.3, 0.4) is 0 Å². The van der Waals surface area contributed by atoms with E-state index in [9.17, 15) is 13.2 Å². The van der Waals surface area contributed by atoms with Crippen molar-refractivity contribution in [2.24, 2.45) is 5.92 Å². The van der Waals surface area contributed by atoms with Crippen LogP contribution in [0.2, 0.25) is 0 Å². The van der Waals surface area contributed by atoms with Crippen LogP contribution in [0.15, 0.2) is 71.6 Å². The predicted molar refractivity (Wildman–Crippen MR) is 133 cm³/mol. The van der Waals surface area contributed by atoms with Gasteiger partial charge in [-0.1, -0.05) is 54.1 Å². The van der Waals surface area contributed by atoms with Gasteiger partial charge in [-0.3, -0.25) is 4.79 Å². The summed E-state index contributed by atoms with van der Waals surface area (Å²) in [4.78, 5) is 15.1. The van der Waals surface area contributed by atoms with Crippen LogP contribution in [0.4, 0.5) is 5.69 Å². The number of carbonyl (C=O) groups excluding carboxylic acids is 1. The van der Waals surface area contributed by atoms with E-state index in [0.717, 1.165) is 48.0 Å². The Bertz CT molecular complexity index is 1200. The number of likely N-dealkylation sites (tertiary alicyclic amines) is 1. The van der Waals surface area contributed by atoms with Gasteiger partial charge in [-0.25, -0.2) is 13.1 Å². The van der Waals surface area contributed by atoms with Crippen LogP contribution in [-0.2, 0) is 14.8 Å². The molecule has 3 aromatic rings. The highest BCUT2D eigenvalue weighted by Crippen LogP contribution is 2.23. The molecule has 0 aromatic heterocycles. The summed E-state index contributed by atoms with van der Waals surface area (Å²) in [5.41, 5.74) is 1.86. The van der Waals surface area contributed by atoms with Gasteiger partial charge in [0.25, 0.3) is 0 Å². The zero-order valence-electron chi connectivity index (χ0n) is 19.0. The minimum Gasteiger partial charge on any atom is -0.325 e. The predicted octanol–water partition coefficient (Wildman–Crippen LogP) is 4.17. The first-order chi connectivity index (χ1) is 15.9. The summed E-state index contributed by atoms with van der Waals surface area (Å²) < 4.78 is 27.9. The van der Waals surface area contributed by atoms with Crippen molar-refractivity contribution in [2.45, 2.75) is 31.1 Å². The van der Waals surface area contributed by atoms with Crippen molar-refractivity contribution >= 4 is 32.4 Å². The van der Waals surface area contributed by atoms with Gasteiger partial charge in [0.2, 0.25) is 15.9 Å². The van der Waals surface area contributed by atoms with E-state index in [1.54, 1.807) is 24.3 Å². The van der Waals surface area contributed by atoms with Gasteiger partial charge >= 0.3 is 0 Å². The summed E-state index contributed by atoms with van der Waals surface area (Å²) in [6, 6.07) is 20.8. The molecule has 1 amide bonds. The Kier molecular flexibility index (Phi) is 7.42. The molecule has 0 spiro atoms. The molecule has 1 fully saturated rings. The summed E-state index contributed by atoms with van der Waals surface area (Å²) >= 11 is 0. The van der Waals surface area contributed by atoms with Crippen molar-refractivity contribution < 1.29 is 13.2 Å². The number of hydrogen-bond acceptors (Lipinski definition) is 4. The molecule has 0 saturated carbocycles. The molecule has 0 radical (unpaired) electrons. The Labute approximate surface area is 196 Å². The number of nitrogens with zero attached hydrogens (tertiary/aromatic N) is 1. The third kappa shape index (κ3) is 6.19. The van der Waals surface area contributed by atoms with E-state index in [1.807, 2.05) is 49.4 Å². The molecular formula is C26H31N3O3S. The first-order valence-corrected chi connectivity index (χ1v) is 13.0. The second-order valence-corrected chi connectivity index (χ2v) is 10.6. The number of anilines is 1. The van der Waals surface area contributed by atoms with Crippen molar-refractivity contribution in [3.63, 3.8) is 0 Å². The highest BCUT2D eigenvalue weighted by atomic mass is 32.2.